The summed E-state index contributed by atoms with van der Waals surface area (Å²) in [4.78, 5) is 12.8. The predicted molar refractivity (Wildman–Crippen MR) is 81.4 cm³/mol. The molecule has 4 heteroatoms. The summed E-state index contributed by atoms with van der Waals surface area (Å²) in [5.41, 5.74) is 1.95. The van der Waals surface area contributed by atoms with Crippen LogP contribution in [0.25, 0.3) is 0 Å². The molecular weight excluding hydrogens is 270 g/mol. The van der Waals surface area contributed by atoms with Crippen molar-refractivity contribution in [3.05, 3.63) is 65.7 Å². The first-order valence-corrected chi connectivity index (χ1v) is 7.40. The molecule has 0 aromatic heterocycles. The minimum Gasteiger partial charge on any atom is -0.392 e. The summed E-state index contributed by atoms with van der Waals surface area (Å²) >= 11 is 1.47. The molecule has 0 aliphatic heterocycles. The van der Waals surface area contributed by atoms with Gasteiger partial charge in [-0.05, 0) is 23.3 Å². The molecule has 2 aromatic carbocycles. The second kappa shape index (κ2) is 7.72. The van der Waals surface area contributed by atoms with Crippen molar-refractivity contribution in [2.45, 2.75) is 18.0 Å². The van der Waals surface area contributed by atoms with E-state index in [4.69, 9.17) is 5.11 Å². The molecule has 0 radical (unpaired) electrons. The number of aliphatic hydroxyl groups is 1. The van der Waals surface area contributed by atoms with Gasteiger partial charge in [-0.3, -0.25) is 4.79 Å². The number of hydrogen-bond donors (Lipinski definition) is 2. The van der Waals surface area contributed by atoms with Gasteiger partial charge >= 0.3 is 0 Å². The fourth-order valence-corrected chi connectivity index (χ4v) is 2.54. The number of amides is 1. The Morgan fingerprint density at radius 1 is 1.05 bits per heavy atom. The van der Waals surface area contributed by atoms with Crippen LogP contribution in [-0.4, -0.2) is 16.8 Å². The van der Waals surface area contributed by atoms with Crippen LogP contribution in [0.3, 0.4) is 0 Å². The first-order valence-electron chi connectivity index (χ1n) is 6.41. The summed E-state index contributed by atoms with van der Waals surface area (Å²) in [5.74, 6) is 0.384. The van der Waals surface area contributed by atoms with Crippen molar-refractivity contribution < 1.29 is 9.90 Å². The molecule has 0 aliphatic rings. The molecule has 2 N–H and O–H groups in total. The highest BCUT2D eigenvalue weighted by molar-refractivity contribution is 8.00. The third kappa shape index (κ3) is 4.72. The van der Waals surface area contributed by atoms with Gasteiger partial charge in [-0.25, -0.2) is 0 Å². The zero-order valence-corrected chi connectivity index (χ0v) is 11.9. The highest BCUT2D eigenvalue weighted by Crippen LogP contribution is 2.18. The molecule has 0 spiro atoms. The summed E-state index contributed by atoms with van der Waals surface area (Å²) in [6.07, 6.45) is 0. The Bertz CT molecular complexity index is 557. The van der Waals surface area contributed by atoms with Crippen molar-refractivity contribution in [3.8, 4) is 0 Å². The van der Waals surface area contributed by atoms with E-state index in [1.807, 2.05) is 54.6 Å². The normalized spacial score (nSPS) is 10.2. The summed E-state index contributed by atoms with van der Waals surface area (Å²) < 4.78 is 0. The summed E-state index contributed by atoms with van der Waals surface area (Å²) in [6.45, 7) is 0.575. The molecular formula is C16H17NO2S. The van der Waals surface area contributed by atoms with Gasteiger partial charge in [-0.15, -0.1) is 11.8 Å². The molecule has 2 aromatic rings. The molecule has 0 atom stereocenters. The van der Waals surface area contributed by atoms with Crippen molar-refractivity contribution in [1.29, 1.82) is 0 Å². The van der Waals surface area contributed by atoms with E-state index < -0.39 is 0 Å². The third-order valence-electron chi connectivity index (χ3n) is 2.78. The van der Waals surface area contributed by atoms with Crippen LogP contribution >= 0.6 is 11.8 Å². The summed E-state index contributed by atoms with van der Waals surface area (Å²) in [6, 6.07) is 17.4. The van der Waals surface area contributed by atoms with Crippen LogP contribution in [0, 0.1) is 0 Å². The van der Waals surface area contributed by atoms with Gasteiger partial charge in [-0.1, -0.05) is 42.5 Å². The van der Waals surface area contributed by atoms with Gasteiger partial charge in [0, 0.05) is 11.4 Å². The van der Waals surface area contributed by atoms with Crippen molar-refractivity contribution in [2.24, 2.45) is 0 Å². The Morgan fingerprint density at radius 3 is 2.55 bits per heavy atom. The van der Waals surface area contributed by atoms with E-state index in [1.165, 1.54) is 11.8 Å². The molecule has 0 aliphatic carbocycles. The number of benzene rings is 2. The van der Waals surface area contributed by atoms with Crippen molar-refractivity contribution in [3.63, 3.8) is 0 Å². The number of rotatable bonds is 6. The van der Waals surface area contributed by atoms with E-state index in [-0.39, 0.29) is 12.5 Å². The maximum atomic E-state index is 11.8. The molecule has 0 heterocycles. The lowest BCUT2D eigenvalue weighted by atomic mass is 10.2. The molecule has 20 heavy (non-hydrogen) atoms. The third-order valence-corrected chi connectivity index (χ3v) is 3.78. The molecule has 104 valence electrons. The average Bonchev–Trinajstić information content (AvgIpc) is 2.52. The lowest BCUT2D eigenvalue weighted by Gasteiger charge is -2.06. The topological polar surface area (TPSA) is 49.3 Å². The Morgan fingerprint density at radius 2 is 1.80 bits per heavy atom. The van der Waals surface area contributed by atoms with Gasteiger partial charge in [-0.2, -0.15) is 0 Å². The quantitative estimate of drug-likeness (QED) is 0.803. The minimum atomic E-state index is 0.00764. The highest BCUT2D eigenvalue weighted by Gasteiger charge is 2.03. The molecule has 0 saturated heterocycles. The Labute approximate surface area is 123 Å². The minimum absolute atomic E-state index is 0.00764. The first kappa shape index (κ1) is 14.6. The monoisotopic (exact) mass is 287 g/mol. The van der Waals surface area contributed by atoms with Crippen molar-refractivity contribution in [2.75, 3.05) is 5.75 Å². The SMILES string of the molecule is O=C(CSc1cccc(CO)c1)NCc1ccccc1. The smallest absolute Gasteiger partial charge is 0.230 e. The van der Waals surface area contributed by atoms with Crippen LogP contribution in [0.4, 0.5) is 0 Å². The fourth-order valence-electron chi connectivity index (χ4n) is 1.73. The first-order chi connectivity index (χ1) is 9.78. The van der Waals surface area contributed by atoms with Gasteiger partial charge in [0.05, 0.1) is 12.4 Å². The van der Waals surface area contributed by atoms with Crippen LogP contribution in [0.15, 0.2) is 59.5 Å². The predicted octanol–water partition coefficient (Wildman–Crippen LogP) is 2.59. The van der Waals surface area contributed by atoms with Crippen LogP contribution in [0.2, 0.25) is 0 Å². The van der Waals surface area contributed by atoms with Gasteiger partial charge in [0.25, 0.3) is 0 Å². The van der Waals surface area contributed by atoms with E-state index in [0.29, 0.717) is 12.3 Å². The largest absolute Gasteiger partial charge is 0.392 e. The second-order valence-corrected chi connectivity index (χ2v) is 5.41. The average molecular weight is 287 g/mol. The second-order valence-electron chi connectivity index (χ2n) is 4.36. The van der Waals surface area contributed by atoms with Crippen LogP contribution in [0.1, 0.15) is 11.1 Å². The molecule has 1 amide bonds. The van der Waals surface area contributed by atoms with Crippen molar-refractivity contribution >= 4 is 17.7 Å². The standard InChI is InChI=1S/C16H17NO2S/c18-11-14-7-4-8-15(9-14)20-12-16(19)17-10-13-5-2-1-3-6-13/h1-9,18H,10-12H2,(H,17,19). The highest BCUT2D eigenvalue weighted by atomic mass is 32.2. The van der Waals surface area contributed by atoms with Crippen molar-refractivity contribution in [1.82, 2.24) is 5.32 Å². The van der Waals surface area contributed by atoms with Gasteiger partial charge in [0.2, 0.25) is 5.91 Å². The zero-order valence-electron chi connectivity index (χ0n) is 11.1. The number of aliphatic hydroxyl groups excluding tert-OH is 1. The zero-order chi connectivity index (χ0) is 14.2. The van der Waals surface area contributed by atoms with E-state index in [2.05, 4.69) is 5.32 Å². The van der Waals surface area contributed by atoms with E-state index in [9.17, 15) is 4.79 Å². The van der Waals surface area contributed by atoms with Gasteiger partial charge in [0.1, 0.15) is 0 Å². The number of hydrogen-bond acceptors (Lipinski definition) is 3. The lowest BCUT2D eigenvalue weighted by Crippen LogP contribution is -2.24. The summed E-state index contributed by atoms with van der Waals surface area (Å²) in [5, 5.41) is 11.9. The molecule has 0 saturated carbocycles. The molecule has 0 unspecified atom stereocenters. The van der Waals surface area contributed by atoms with Crippen LogP contribution in [-0.2, 0) is 17.9 Å². The molecule has 2 rings (SSSR count). The number of carbonyl (C=O) groups is 1. The molecule has 3 nitrogen and oxygen atoms in total. The lowest BCUT2D eigenvalue weighted by molar-refractivity contribution is -0.118. The molecule has 0 fully saturated rings. The fraction of sp³-hybridized carbons (Fsp3) is 0.188. The Kier molecular flexibility index (Phi) is 5.65. The van der Waals surface area contributed by atoms with E-state index in [1.54, 1.807) is 0 Å². The van der Waals surface area contributed by atoms with E-state index in [0.717, 1.165) is 16.0 Å². The summed E-state index contributed by atoms with van der Waals surface area (Å²) in [7, 11) is 0. The maximum Gasteiger partial charge on any atom is 0.230 e. The van der Waals surface area contributed by atoms with Gasteiger partial charge < -0.3 is 10.4 Å². The Hall–Kier alpha value is -1.78. The van der Waals surface area contributed by atoms with E-state index >= 15 is 0 Å². The number of thioether (sulfide) groups is 1. The van der Waals surface area contributed by atoms with Gasteiger partial charge in [0.15, 0.2) is 0 Å². The molecule has 0 bridgehead atoms. The van der Waals surface area contributed by atoms with Crippen LogP contribution in [0.5, 0.6) is 0 Å². The maximum absolute atomic E-state index is 11.8. The number of nitrogens with one attached hydrogen (secondary N) is 1. The number of carbonyl (C=O) groups excluding carboxylic acids is 1. The Balaban J connectivity index is 1.77. The van der Waals surface area contributed by atoms with Crippen LogP contribution < -0.4 is 5.32 Å².